The number of hydrogen-bond acceptors (Lipinski definition) is 3. The fourth-order valence-corrected chi connectivity index (χ4v) is 1.33. The van der Waals surface area contributed by atoms with Crippen molar-refractivity contribution in [1.82, 2.24) is 15.3 Å². The van der Waals surface area contributed by atoms with Crippen molar-refractivity contribution in [2.75, 3.05) is 7.05 Å². The van der Waals surface area contributed by atoms with Gasteiger partial charge in [0.25, 0.3) is 0 Å². The van der Waals surface area contributed by atoms with Gasteiger partial charge in [-0.2, -0.15) is 0 Å². The molecule has 1 aromatic heterocycles. The SMILES string of the molecule is CC(C)N=C(NN)N(C)Cc1cccnc1. The van der Waals surface area contributed by atoms with Crippen LogP contribution in [0.15, 0.2) is 29.5 Å². The number of aromatic nitrogens is 1. The van der Waals surface area contributed by atoms with Gasteiger partial charge < -0.3 is 4.90 Å². The van der Waals surface area contributed by atoms with Gasteiger partial charge in [0.05, 0.1) is 0 Å². The van der Waals surface area contributed by atoms with Gasteiger partial charge in [-0.15, -0.1) is 0 Å². The van der Waals surface area contributed by atoms with Gasteiger partial charge in [-0.1, -0.05) is 6.07 Å². The molecule has 5 heteroatoms. The molecule has 0 aliphatic heterocycles. The normalized spacial score (nSPS) is 11.7. The zero-order chi connectivity index (χ0) is 12.0. The van der Waals surface area contributed by atoms with Gasteiger partial charge in [-0.25, -0.2) is 10.8 Å². The van der Waals surface area contributed by atoms with Gasteiger partial charge in [-0.05, 0) is 25.5 Å². The number of hydrazine groups is 1. The first-order chi connectivity index (χ1) is 7.63. The molecule has 0 saturated carbocycles. The molecular weight excluding hydrogens is 202 g/mol. The first-order valence-electron chi connectivity index (χ1n) is 5.28. The van der Waals surface area contributed by atoms with E-state index < -0.39 is 0 Å². The van der Waals surface area contributed by atoms with Crippen LogP contribution in [0.1, 0.15) is 19.4 Å². The third-order valence-corrected chi connectivity index (χ3v) is 2.01. The highest BCUT2D eigenvalue weighted by Crippen LogP contribution is 2.01. The van der Waals surface area contributed by atoms with Crippen LogP contribution in [0.3, 0.4) is 0 Å². The fraction of sp³-hybridized carbons (Fsp3) is 0.455. The quantitative estimate of drug-likeness (QED) is 0.342. The van der Waals surface area contributed by atoms with Crippen LogP contribution in [0.25, 0.3) is 0 Å². The molecule has 0 saturated heterocycles. The summed E-state index contributed by atoms with van der Waals surface area (Å²) in [5, 5.41) is 0. The third-order valence-electron chi connectivity index (χ3n) is 2.01. The molecule has 0 radical (unpaired) electrons. The van der Waals surface area contributed by atoms with E-state index in [-0.39, 0.29) is 6.04 Å². The molecule has 1 rings (SSSR count). The summed E-state index contributed by atoms with van der Waals surface area (Å²) in [5.74, 6) is 6.12. The molecule has 0 spiro atoms. The van der Waals surface area contributed by atoms with Gasteiger partial charge in [0.1, 0.15) is 0 Å². The number of nitrogens with two attached hydrogens (primary N) is 1. The zero-order valence-electron chi connectivity index (χ0n) is 10.0. The van der Waals surface area contributed by atoms with E-state index in [9.17, 15) is 0 Å². The molecule has 1 aromatic rings. The van der Waals surface area contributed by atoms with E-state index in [4.69, 9.17) is 5.84 Å². The fourth-order valence-electron chi connectivity index (χ4n) is 1.33. The molecular formula is C11H19N5. The molecule has 0 unspecified atom stereocenters. The number of aliphatic imine (C=N–C) groups is 1. The van der Waals surface area contributed by atoms with Crippen molar-refractivity contribution in [3.8, 4) is 0 Å². The highest BCUT2D eigenvalue weighted by molar-refractivity contribution is 5.79. The Kier molecular flexibility index (Phi) is 4.72. The van der Waals surface area contributed by atoms with Crippen LogP contribution in [-0.2, 0) is 6.54 Å². The summed E-state index contributed by atoms with van der Waals surface area (Å²) >= 11 is 0. The van der Waals surface area contributed by atoms with E-state index in [0.29, 0.717) is 5.96 Å². The van der Waals surface area contributed by atoms with Crippen LogP contribution >= 0.6 is 0 Å². The summed E-state index contributed by atoms with van der Waals surface area (Å²) < 4.78 is 0. The Bertz CT molecular complexity index is 333. The van der Waals surface area contributed by atoms with Gasteiger partial charge in [0, 0.05) is 32.0 Å². The van der Waals surface area contributed by atoms with E-state index in [0.717, 1.165) is 12.1 Å². The molecule has 88 valence electrons. The van der Waals surface area contributed by atoms with Crippen molar-refractivity contribution < 1.29 is 0 Å². The standard InChI is InChI=1S/C11H19N5/c1-9(2)14-11(15-12)16(3)8-10-5-4-6-13-7-10/h4-7,9H,8,12H2,1-3H3,(H,14,15). The number of guanidine groups is 1. The Balaban J connectivity index is 2.67. The second-order valence-electron chi connectivity index (χ2n) is 3.91. The van der Waals surface area contributed by atoms with Crippen LogP contribution in [0.5, 0.6) is 0 Å². The lowest BCUT2D eigenvalue weighted by Crippen LogP contribution is -2.42. The number of rotatable bonds is 3. The number of nitrogens with one attached hydrogen (secondary N) is 1. The molecule has 0 fully saturated rings. The first-order valence-corrected chi connectivity index (χ1v) is 5.28. The van der Waals surface area contributed by atoms with Crippen LogP contribution in [0.2, 0.25) is 0 Å². The van der Waals surface area contributed by atoms with Crippen molar-refractivity contribution >= 4 is 5.96 Å². The minimum atomic E-state index is 0.211. The second-order valence-corrected chi connectivity index (χ2v) is 3.91. The van der Waals surface area contributed by atoms with Crippen molar-refractivity contribution in [3.63, 3.8) is 0 Å². The first kappa shape index (κ1) is 12.4. The number of hydrogen-bond donors (Lipinski definition) is 2. The van der Waals surface area contributed by atoms with Gasteiger partial charge in [-0.3, -0.25) is 10.4 Å². The molecule has 0 bridgehead atoms. The maximum absolute atomic E-state index is 5.44. The largest absolute Gasteiger partial charge is 0.341 e. The molecule has 0 aliphatic rings. The lowest BCUT2D eigenvalue weighted by molar-refractivity contribution is 0.473. The molecule has 0 aliphatic carbocycles. The summed E-state index contributed by atoms with van der Waals surface area (Å²) in [6.07, 6.45) is 3.59. The molecule has 0 aromatic carbocycles. The smallest absolute Gasteiger partial charge is 0.208 e. The number of nitrogens with zero attached hydrogens (tertiary/aromatic N) is 3. The van der Waals surface area contributed by atoms with Crippen molar-refractivity contribution in [2.45, 2.75) is 26.4 Å². The predicted octanol–water partition coefficient (Wildman–Crippen LogP) is 0.741. The minimum Gasteiger partial charge on any atom is -0.341 e. The third kappa shape index (κ3) is 3.86. The summed E-state index contributed by atoms with van der Waals surface area (Å²) in [7, 11) is 1.94. The second kappa shape index (κ2) is 6.07. The highest BCUT2D eigenvalue weighted by atomic mass is 15.4. The average molecular weight is 221 g/mol. The summed E-state index contributed by atoms with van der Waals surface area (Å²) in [6, 6.07) is 4.15. The van der Waals surface area contributed by atoms with E-state index in [2.05, 4.69) is 15.4 Å². The monoisotopic (exact) mass is 221 g/mol. The Labute approximate surface area is 96.4 Å². The molecule has 0 amide bonds. The predicted molar refractivity (Wildman–Crippen MR) is 65.6 cm³/mol. The Morgan fingerprint density at radius 3 is 2.88 bits per heavy atom. The number of pyridine rings is 1. The maximum atomic E-state index is 5.44. The van der Waals surface area contributed by atoms with E-state index in [1.54, 1.807) is 6.20 Å². The lowest BCUT2D eigenvalue weighted by Gasteiger charge is -2.21. The van der Waals surface area contributed by atoms with Crippen LogP contribution in [0.4, 0.5) is 0 Å². The van der Waals surface area contributed by atoms with Crippen LogP contribution < -0.4 is 11.3 Å². The molecule has 0 atom stereocenters. The van der Waals surface area contributed by atoms with Crippen molar-refractivity contribution in [2.24, 2.45) is 10.8 Å². The topological polar surface area (TPSA) is 66.5 Å². The molecule has 3 N–H and O–H groups in total. The summed E-state index contributed by atoms with van der Waals surface area (Å²) in [6.45, 7) is 4.74. The summed E-state index contributed by atoms with van der Waals surface area (Å²) in [4.78, 5) is 10.4. The lowest BCUT2D eigenvalue weighted by atomic mass is 10.3. The van der Waals surface area contributed by atoms with Crippen molar-refractivity contribution in [3.05, 3.63) is 30.1 Å². The Morgan fingerprint density at radius 1 is 1.62 bits per heavy atom. The molecule has 16 heavy (non-hydrogen) atoms. The molecule has 1 heterocycles. The maximum Gasteiger partial charge on any atom is 0.208 e. The van der Waals surface area contributed by atoms with E-state index in [1.807, 2.05) is 44.1 Å². The van der Waals surface area contributed by atoms with Gasteiger partial charge in [0.15, 0.2) is 0 Å². The van der Waals surface area contributed by atoms with Crippen molar-refractivity contribution in [1.29, 1.82) is 0 Å². The van der Waals surface area contributed by atoms with Gasteiger partial charge in [0.2, 0.25) is 5.96 Å². The average Bonchev–Trinajstić information content (AvgIpc) is 2.26. The summed E-state index contributed by atoms with van der Waals surface area (Å²) in [5.41, 5.74) is 3.73. The van der Waals surface area contributed by atoms with Crippen LogP contribution in [0, 0.1) is 0 Å². The Morgan fingerprint density at radius 2 is 2.38 bits per heavy atom. The van der Waals surface area contributed by atoms with Gasteiger partial charge >= 0.3 is 0 Å². The van der Waals surface area contributed by atoms with E-state index in [1.165, 1.54) is 0 Å². The van der Waals surface area contributed by atoms with Crippen LogP contribution in [-0.4, -0.2) is 28.9 Å². The molecule has 5 nitrogen and oxygen atoms in total. The van der Waals surface area contributed by atoms with E-state index >= 15 is 0 Å². The Hall–Kier alpha value is -1.62. The highest BCUT2D eigenvalue weighted by Gasteiger charge is 2.06. The zero-order valence-corrected chi connectivity index (χ0v) is 10.0. The minimum absolute atomic E-state index is 0.211.